The van der Waals surface area contributed by atoms with Crippen LogP contribution in [0.3, 0.4) is 0 Å². The van der Waals surface area contributed by atoms with Crippen LogP contribution in [0.15, 0.2) is 30.5 Å². The molecule has 1 saturated heterocycles. The Labute approximate surface area is 111 Å². The zero-order chi connectivity index (χ0) is 13.2. The maximum atomic E-state index is 11.1. The van der Waals surface area contributed by atoms with Gasteiger partial charge in [0.25, 0.3) is 0 Å². The fraction of sp³-hybridized carbons (Fsp3) is 0.286. The Kier molecular flexibility index (Phi) is 2.95. The third-order valence-corrected chi connectivity index (χ3v) is 3.39. The van der Waals surface area contributed by atoms with Crippen molar-refractivity contribution in [3.63, 3.8) is 0 Å². The minimum Gasteiger partial charge on any atom is -0.399 e. The second-order valence-corrected chi connectivity index (χ2v) is 4.82. The molecule has 19 heavy (non-hydrogen) atoms. The van der Waals surface area contributed by atoms with E-state index in [0.717, 1.165) is 23.0 Å². The van der Waals surface area contributed by atoms with Gasteiger partial charge in [0.05, 0.1) is 5.52 Å². The van der Waals surface area contributed by atoms with E-state index in [2.05, 4.69) is 15.6 Å². The Morgan fingerprint density at radius 3 is 3.05 bits per heavy atom. The van der Waals surface area contributed by atoms with Crippen molar-refractivity contribution in [2.24, 2.45) is 0 Å². The first-order chi connectivity index (χ1) is 9.22. The molecule has 1 atom stereocenters. The summed E-state index contributed by atoms with van der Waals surface area (Å²) in [4.78, 5) is 15.5. The predicted molar refractivity (Wildman–Crippen MR) is 75.8 cm³/mol. The molecule has 1 aromatic heterocycles. The fourth-order valence-electron chi connectivity index (χ4n) is 2.37. The molecule has 1 aliphatic rings. The number of nitrogens with zero attached hydrogens (tertiary/aromatic N) is 1. The Bertz CT molecular complexity index is 616. The van der Waals surface area contributed by atoms with Crippen molar-refractivity contribution < 1.29 is 4.79 Å². The molecule has 5 nitrogen and oxygen atoms in total. The van der Waals surface area contributed by atoms with Crippen LogP contribution in [0.1, 0.15) is 12.8 Å². The van der Waals surface area contributed by atoms with Gasteiger partial charge in [-0.15, -0.1) is 0 Å². The smallest absolute Gasteiger partial charge is 0.220 e. The Balaban J connectivity index is 1.86. The summed E-state index contributed by atoms with van der Waals surface area (Å²) in [5, 5.41) is 7.39. The number of nitrogens with two attached hydrogens (primary N) is 1. The minimum absolute atomic E-state index is 0.130. The predicted octanol–water partition coefficient (Wildman–Crippen LogP) is 1.51. The number of hydrogen-bond donors (Lipinski definition) is 3. The SMILES string of the molecule is Nc1ccc2c(NC3CCC(=O)NC3)ccnc2c1. The number of anilines is 2. The van der Waals surface area contributed by atoms with E-state index in [9.17, 15) is 4.79 Å². The van der Waals surface area contributed by atoms with E-state index < -0.39 is 0 Å². The summed E-state index contributed by atoms with van der Waals surface area (Å²) in [7, 11) is 0. The van der Waals surface area contributed by atoms with Crippen LogP contribution in [-0.4, -0.2) is 23.5 Å². The van der Waals surface area contributed by atoms with Gasteiger partial charge < -0.3 is 16.4 Å². The number of nitrogens with one attached hydrogen (secondary N) is 2. The van der Waals surface area contributed by atoms with Gasteiger partial charge in [-0.2, -0.15) is 0 Å². The van der Waals surface area contributed by atoms with Crippen molar-refractivity contribution >= 4 is 28.2 Å². The lowest BCUT2D eigenvalue weighted by atomic mass is 10.1. The molecule has 98 valence electrons. The van der Waals surface area contributed by atoms with Gasteiger partial charge in [-0.1, -0.05) is 0 Å². The molecule has 0 spiro atoms. The quantitative estimate of drug-likeness (QED) is 0.711. The number of carbonyl (C=O) groups is 1. The molecule has 0 saturated carbocycles. The van der Waals surface area contributed by atoms with E-state index in [1.54, 1.807) is 6.20 Å². The number of fused-ring (bicyclic) bond motifs is 1. The molecule has 1 amide bonds. The van der Waals surface area contributed by atoms with E-state index in [0.29, 0.717) is 18.7 Å². The standard InChI is InChI=1S/C14H16N4O/c15-9-1-3-11-12(5-6-16-13(11)7-9)18-10-2-4-14(19)17-8-10/h1,3,5-7,10H,2,4,8,15H2,(H,16,18)(H,17,19). The molecule has 0 radical (unpaired) electrons. The van der Waals surface area contributed by atoms with Crippen molar-refractivity contribution in [3.05, 3.63) is 30.5 Å². The lowest BCUT2D eigenvalue weighted by Crippen LogP contribution is -2.41. The van der Waals surface area contributed by atoms with Crippen LogP contribution in [0.5, 0.6) is 0 Å². The summed E-state index contributed by atoms with van der Waals surface area (Å²) >= 11 is 0. The Morgan fingerprint density at radius 1 is 1.37 bits per heavy atom. The van der Waals surface area contributed by atoms with Gasteiger partial charge in [0.15, 0.2) is 0 Å². The Hall–Kier alpha value is -2.30. The van der Waals surface area contributed by atoms with Crippen LogP contribution in [-0.2, 0) is 4.79 Å². The van der Waals surface area contributed by atoms with E-state index >= 15 is 0 Å². The van der Waals surface area contributed by atoms with Crippen molar-refractivity contribution in [1.29, 1.82) is 0 Å². The molecule has 1 unspecified atom stereocenters. The average Bonchev–Trinajstić information content (AvgIpc) is 2.41. The van der Waals surface area contributed by atoms with Gasteiger partial charge in [0, 0.05) is 42.0 Å². The van der Waals surface area contributed by atoms with Crippen LogP contribution < -0.4 is 16.4 Å². The zero-order valence-electron chi connectivity index (χ0n) is 10.5. The topological polar surface area (TPSA) is 80.0 Å². The summed E-state index contributed by atoms with van der Waals surface area (Å²) in [5.41, 5.74) is 8.39. The molecule has 1 aliphatic heterocycles. The van der Waals surface area contributed by atoms with Gasteiger partial charge in [-0.3, -0.25) is 9.78 Å². The summed E-state index contributed by atoms with van der Waals surface area (Å²) in [5.74, 6) is 0.130. The third-order valence-electron chi connectivity index (χ3n) is 3.39. The molecule has 3 rings (SSSR count). The minimum atomic E-state index is 0.130. The molecule has 1 aromatic carbocycles. The number of carbonyl (C=O) groups excluding carboxylic acids is 1. The summed E-state index contributed by atoms with van der Waals surface area (Å²) < 4.78 is 0. The lowest BCUT2D eigenvalue weighted by Gasteiger charge is -2.25. The van der Waals surface area contributed by atoms with Crippen LogP contribution in [0.2, 0.25) is 0 Å². The number of nitrogen functional groups attached to an aromatic ring is 1. The van der Waals surface area contributed by atoms with E-state index in [1.807, 2.05) is 24.3 Å². The number of pyridine rings is 1. The molecule has 0 aliphatic carbocycles. The maximum Gasteiger partial charge on any atom is 0.220 e. The van der Waals surface area contributed by atoms with Crippen LogP contribution in [0, 0.1) is 0 Å². The van der Waals surface area contributed by atoms with Crippen molar-refractivity contribution in [2.75, 3.05) is 17.6 Å². The molecule has 2 aromatic rings. The molecular formula is C14H16N4O. The first-order valence-electron chi connectivity index (χ1n) is 6.40. The highest BCUT2D eigenvalue weighted by molar-refractivity contribution is 5.92. The first kappa shape index (κ1) is 11.8. The van der Waals surface area contributed by atoms with Gasteiger partial charge in [-0.25, -0.2) is 0 Å². The molecule has 5 heteroatoms. The number of piperidine rings is 1. The highest BCUT2D eigenvalue weighted by Crippen LogP contribution is 2.24. The van der Waals surface area contributed by atoms with Crippen LogP contribution in [0.4, 0.5) is 11.4 Å². The number of amides is 1. The largest absolute Gasteiger partial charge is 0.399 e. The normalized spacial score (nSPS) is 19.2. The number of benzene rings is 1. The average molecular weight is 256 g/mol. The third kappa shape index (κ3) is 2.45. The van der Waals surface area contributed by atoms with Gasteiger partial charge in [0.1, 0.15) is 0 Å². The van der Waals surface area contributed by atoms with Gasteiger partial charge in [0.2, 0.25) is 5.91 Å². The summed E-state index contributed by atoms with van der Waals surface area (Å²) in [6.07, 6.45) is 3.20. The summed E-state index contributed by atoms with van der Waals surface area (Å²) in [6.45, 7) is 0.664. The van der Waals surface area contributed by atoms with Crippen molar-refractivity contribution in [1.82, 2.24) is 10.3 Å². The highest BCUT2D eigenvalue weighted by atomic mass is 16.1. The molecule has 0 bridgehead atoms. The van der Waals surface area contributed by atoms with Crippen molar-refractivity contribution in [2.45, 2.75) is 18.9 Å². The Morgan fingerprint density at radius 2 is 2.26 bits per heavy atom. The van der Waals surface area contributed by atoms with Crippen molar-refractivity contribution in [3.8, 4) is 0 Å². The van der Waals surface area contributed by atoms with Gasteiger partial charge in [-0.05, 0) is 30.7 Å². The molecule has 1 fully saturated rings. The van der Waals surface area contributed by atoms with E-state index in [-0.39, 0.29) is 11.9 Å². The number of aromatic nitrogens is 1. The lowest BCUT2D eigenvalue weighted by molar-refractivity contribution is -0.122. The number of hydrogen-bond acceptors (Lipinski definition) is 4. The molecule has 4 N–H and O–H groups in total. The van der Waals surface area contributed by atoms with Crippen LogP contribution >= 0.6 is 0 Å². The monoisotopic (exact) mass is 256 g/mol. The van der Waals surface area contributed by atoms with E-state index in [1.165, 1.54) is 0 Å². The fourth-order valence-corrected chi connectivity index (χ4v) is 2.37. The second-order valence-electron chi connectivity index (χ2n) is 4.82. The molecule has 2 heterocycles. The van der Waals surface area contributed by atoms with E-state index in [4.69, 9.17) is 5.73 Å². The molecular weight excluding hydrogens is 240 g/mol. The number of rotatable bonds is 2. The summed E-state index contributed by atoms with van der Waals surface area (Å²) in [6, 6.07) is 7.93. The highest BCUT2D eigenvalue weighted by Gasteiger charge is 2.18. The maximum absolute atomic E-state index is 11.1. The van der Waals surface area contributed by atoms with Crippen LogP contribution in [0.25, 0.3) is 10.9 Å². The second kappa shape index (κ2) is 4.76. The zero-order valence-corrected chi connectivity index (χ0v) is 10.5. The van der Waals surface area contributed by atoms with Gasteiger partial charge >= 0.3 is 0 Å². The first-order valence-corrected chi connectivity index (χ1v) is 6.40.